The van der Waals surface area contributed by atoms with Crippen molar-refractivity contribution >= 4 is 17.9 Å². The molecule has 0 amide bonds. The summed E-state index contributed by atoms with van der Waals surface area (Å²) in [4.78, 5) is 38.2. The van der Waals surface area contributed by atoms with Crippen molar-refractivity contribution in [3.63, 3.8) is 0 Å². The molecule has 0 saturated carbocycles. The molecule has 6 nitrogen and oxygen atoms in total. The Balaban J connectivity index is 4.33. The molecule has 0 saturated heterocycles. The highest BCUT2D eigenvalue weighted by molar-refractivity contribution is 5.71. The SMILES string of the molecule is CCCCC/C=C\C/C=C\CCCCCCCC(=O)OC[C@H](COC(=O)CCCCCCCCCCCCCCCCCCC)OC(=O)CCCCCCCCCCCCCCCCCC. The van der Waals surface area contributed by atoms with E-state index in [0.717, 1.165) is 77.0 Å². The second-order valence-electron chi connectivity index (χ2n) is 19.9. The number of esters is 3. The average molecular weight is 930 g/mol. The first-order valence-electron chi connectivity index (χ1n) is 29.3. The quantitative estimate of drug-likeness (QED) is 0.0262. The summed E-state index contributed by atoms with van der Waals surface area (Å²) in [5.41, 5.74) is 0. The molecule has 0 fully saturated rings. The fourth-order valence-electron chi connectivity index (χ4n) is 8.77. The molecule has 0 aromatic carbocycles. The van der Waals surface area contributed by atoms with Crippen LogP contribution in [0.3, 0.4) is 0 Å². The van der Waals surface area contributed by atoms with Crippen molar-refractivity contribution in [3.8, 4) is 0 Å². The van der Waals surface area contributed by atoms with Gasteiger partial charge in [-0.15, -0.1) is 0 Å². The predicted molar refractivity (Wildman–Crippen MR) is 284 cm³/mol. The van der Waals surface area contributed by atoms with Crippen LogP contribution in [0, 0.1) is 0 Å². The smallest absolute Gasteiger partial charge is 0.306 e. The van der Waals surface area contributed by atoms with Crippen molar-refractivity contribution in [3.05, 3.63) is 24.3 Å². The van der Waals surface area contributed by atoms with Gasteiger partial charge >= 0.3 is 17.9 Å². The van der Waals surface area contributed by atoms with E-state index in [4.69, 9.17) is 14.2 Å². The van der Waals surface area contributed by atoms with E-state index in [1.807, 2.05) is 0 Å². The van der Waals surface area contributed by atoms with Crippen molar-refractivity contribution in [1.82, 2.24) is 0 Å². The average Bonchev–Trinajstić information content (AvgIpc) is 3.31. The molecule has 0 bridgehead atoms. The number of hydrogen-bond donors (Lipinski definition) is 0. The number of unbranched alkanes of at least 4 members (excludes halogenated alkanes) is 39. The van der Waals surface area contributed by atoms with Gasteiger partial charge in [-0.3, -0.25) is 14.4 Å². The molecule has 0 unspecified atom stereocenters. The molecule has 388 valence electrons. The zero-order valence-electron chi connectivity index (χ0n) is 44.5. The van der Waals surface area contributed by atoms with Gasteiger partial charge < -0.3 is 14.2 Å². The summed E-state index contributed by atoms with van der Waals surface area (Å²) in [6, 6.07) is 0. The van der Waals surface area contributed by atoms with E-state index in [0.29, 0.717) is 19.3 Å². The topological polar surface area (TPSA) is 78.9 Å². The Kier molecular flexibility index (Phi) is 53.7. The van der Waals surface area contributed by atoms with Crippen molar-refractivity contribution in [2.45, 2.75) is 329 Å². The lowest BCUT2D eigenvalue weighted by atomic mass is 10.0. The first-order valence-corrected chi connectivity index (χ1v) is 29.3. The summed E-state index contributed by atoms with van der Waals surface area (Å²) >= 11 is 0. The van der Waals surface area contributed by atoms with E-state index < -0.39 is 6.10 Å². The highest BCUT2D eigenvalue weighted by Gasteiger charge is 2.19. The standard InChI is InChI=1S/C60H112O6/c1-4-7-10-13-16-19-22-25-28-30-33-35-38-41-44-47-50-53-59(62)65-56-57(55-64-58(61)52-49-46-43-40-37-34-31-27-24-21-18-15-12-9-6-3)66-60(63)54-51-48-45-42-39-36-32-29-26-23-20-17-14-11-8-5-2/h18,21,27,31,57H,4-17,19-20,22-26,28-30,32-56H2,1-3H3/b21-18-,31-27-/t57-/m1/s1. The van der Waals surface area contributed by atoms with Crippen molar-refractivity contribution in [2.75, 3.05) is 13.2 Å². The van der Waals surface area contributed by atoms with Crippen LogP contribution in [0.5, 0.6) is 0 Å². The van der Waals surface area contributed by atoms with Crippen LogP contribution in [0.15, 0.2) is 24.3 Å². The fourth-order valence-corrected chi connectivity index (χ4v) is 8.77. The molecule has 0 N–H and O–H groups in total. The molecular weight excluding hydrogens is 817 g/mol. The second-order valence-corrected chi connectivity index (χ2v) is 19.9. The zero-order valence-corrected chi connectivity index (χ0v) is 44.5. The Labute approximate surface area is 411 Å². The van der Waals surface area contributed by atoms with E-state index in [9.17, 15) is 14.4 Å². The van der Waals surface area contributed by atoms with Gasteiger partial charge in [0.05, 0.1) is 0 Å². The lowest BCUT2D eigenvalue weighted by Crippen LogP contribution is -2.30. The zero-order chi connectivity index (χ0) is 47.9. The molecule has 0 aromatic rings. The Morgan fingerprint density at radius 1 is 0.303 bits per heavy atom. The van der Waals surface area contributed by atoms with Crippen LogP contribution in [-0.4, -0.2) is 37.2 Å². The van der Waals surface area contributed by atoms with E-state index >= 15 is 0 Å². The number of rotatable bonds is 54. The van der Waals surface area contributed by atoms with Gasteiger partial charge in [0.15, 0.2) is 6.10 Å². The summed E-state index contributed by atoms with van der Waals surface area (Å²) < 4.78 is 16.9. The number of carbonyl (C=O) groups is 3. The number of allylic oxidation sites excluding steroid dienone is 4. The minimum absolute atomic E-state index is 0.0700. The van der Waals surface area contributed by atoms with Crippen LogP contribution in [-0.2, 0) is 28.6 Å². The normalized spacial score (nSPS) is 12.1. The molecule has 0 aliphatic heterocycles. The van der Waals surface area contributed by atoms with Crippen molar-refractivity contribution in [2.24, 2.45) is 0 Å². The highest BCUT2D eigenvalue weighted by atomic mass is 16.6. The molecule has 0 aliphatic rings. The summed E-state index contributed by atoms with van der Waals surface area (Å²) in [5.74, 6) is -0.861. The molecule has 1 atom stereocenters. The minimum Gasteiger partial charge on any atom is -0.462 e. The molecule has 6 heteroatoms. The van der Waals surface area contributed by atoms with Gasteiger partial charge in [0.1, 0.15) is 13.2 Å². The summed E-state index contributed by atoms with van der Waals surface area (Å²) in [6.07, 6.45) is 64.5. The monoisotopic (exact) mass is 929 g/mol. The van der Waals surface area contributed by atoms with Crippen molar-refractivity contribution in [1.29, 1.82) is 0 Å². The van der Waals surface area contributed by atoms with Crippen LogP contribution in [0.25, 0.3) is 0 Å². The van der Waals surface area contributed by atoms with Crippen LogP contribution < -0.4 is 0 Å². The first kappa shape index (κ1) is 63.9. The van der Waals surface area contributed by atoms with Gasteiger partial charge in [-0.1, -0.05) is 276 Å². The fraction of sp³-hybridized carbons (Fsp3) is 0.883. The van der Waals surface area contributed by atoms with E-state index in [-0.39, 0.29) is 31.1 Å². The van der Waals surface area contributed by atoms with Gasteiger partial charge in [-0.2, -0.15) is 0 Å². The van der Waals surface area contributed by atoms with Gasteiger partial charge in [0, 0.05) is 19.3 Å². The third-order valence-electron chi connectivity index (χ3n) is 13.2. The predicted octanol–water partition coefficient (Wildman–Crippen LogP) is 19.5. The molecule has 66 heavy (non-hydrogen) atoms. The maximum absolute atomic E-state index is 12.9. The first-order chi connectivity index (χ1) is 32.5. The van der Waals surface area contributed by atoms with E-state index in [1.165, 1.54) is 205 Å². The van der Waals surface area contributed by atoms with Crippen LogP contribution >= 0.6 is 0 Å². The summed E-state index contributed by atoms with van der Waals surface area (Å²) in [6.45, 7) is 6.66. The third kappa shape index (κ3) is 52.9. The highest BCUT2D eigenvalue weighted by Crippen LogP contribution is 2.17. The Morgan fingerprint density at radius 3 is 0.864 bits per heavy atom. The Hall–Kier alpha value is -2.11. The maximum atomic E-state index is 12.9. The Bertz CT molecular complexity index is 1070. The van der Waals surface area contributed by atoms with Crippen LogP contribution in [0.1, 0.15) is 323 Å². The van der Waals surface area contributed by atoms with E-state index in [1.54, 1.807) is 0 Å². The molecule has 0 radical (unpaired) electrons. The lowest BCUT2D eigenvalue weighted by molar-refractivity contribution is -0.167. The largest absolute Gasteiger partial charge is 0.462 e. The second kappa shape index (κ2) is 55.5. The molecule has 0 heterocycles. The maximum Gasteiger partial charge on any atom is 0.306 e. The molecule has 0 aromatic heterocycles. The van der Waals surface area contributed by atoms with Gasteiger partial charge in [0.2, 0.25) is 0 Å². The van der Waals surface area contributed by atoms with Gasteiger partial charge in [-0.25, -0.2) is 0 Å². The van der Waals surface area contributed by atoms with Gasteiger partial charge in [-0.05, 0) is 51.4 Å². The number of ether oxygens (including phenoxy) is 3. The molecule has 0 aliphatic carbocycles. The number of carbonyl (C=O) groups excluding carboxylic acids is 3. The molecule has 0 spiro atoms. The number of hydrogen-bond acceptors (Lipinski definition) is 6. The lowest BCUT2D eigenvalue weighted by Gasteiger charge is -2.18. The minimum atomic E-state index is -0.772. The summed E-state index contributed by atoms with van der Waals surface area (Å²) in [5, 5.41) is 0. The summed E-state index contributed by atoms with van der Waals surface area (Å²) in [7, 11) is 0. The van der Waals surface area contributed by atoms with Gasteiger partial charge in [0.25, 0.3) is 0 Å². The molecule has 0 rings (SSSR count). The van der Waals surface area contributed by atoms with Crippen LogP contribution in [0.4, 0.5) is 0 Å². The Morgan fingerprint density at radius 2 is 0.545 bits per heavy atom. The third-order valence-corrected chi connectivity index (χ3v) is 13.2. The molecular formula is C60H112O6. The van der Waals surface area contributed by atoms with E-state index in [2.05, 4.69) is 45.1 Å². The van der Waals surface area contributed by atoms with Crippen molar-refractivity contribution < 1.29 is 28.6 Å². The van der Waals surface area contributed by atoms with Crippen LogP contribution in [0.2, 0.25) is 0 Å².